The van der Waals surface area contributed by atoms with Gasteiger partial charge in [0.1, 0.15) is 34.8 Å². The second-order valence-corrected chi connectivity index (χ2v) is 33.7. The molecule has 0 bridgehead atoms. The Morgan fingerprint density at radius 1 is 0.317 bits per heavy atom. The molecule has 20 rings (SSSR count). The summed E-state index contributed by atoms with van der Waals surface area (Å²) in [5, 5.41) is 43.7. The van der Waals surface area contributed by atoms with E-state index in [1.807, 2.05) is 228 Å². The van der Waals surface area contributed by atoms with Gasteiger partial charge >= 0.3 is 51.5 Å². The molecule has 1 atom stereocenters. The molecule has 14 aromatic heterocycles. The number of hydrogen-bond donors (Lipinski definition) is 1. The molecule has 0 radical (unpaired) electrons. The van der Waals surface area contributed by atoms with Gasteiger partial charge in [-0.15, -0.1) is 0 Å². The molecule has 45 heteroatoms. The smallest absolute Gasteiger partial charge is 0.352 e. The lowest BCUT2D eigenvalue weighted by atomic mass is 10.2. The van der Waals surface area contributed by atoms with E-state index in [1.54, 1.807) is 54.4 Å². The van der Waals surface area contributed by atoms with Crippen LogP contribution in [-0.4, -0.2) is 167 Å². The third kappa shape index (κ3) is 20.8. The van der Waals surface area contributed by atoms with E-state index >= 15 is 0 Å². The third-order valence-corrected chi connectivity index (χ3v) is 24.2. The van der Waals surface area contributed by atoms with Crippen LogP contribution in [0.15, 0.2) is 275 Å². The summed E-state index contributed by atoms with van der Waals surface area (Å²) < 4.78 is 53.5. The monoisotopic (exact) mass is 1930 g/mol. The molecule has 142 heavy (non-hydrogen) atoms. The average Bonchev–Trinajstić information content (AvgIpc) is 1.62. The van der Waals surface area contributed by atoms with E-state index in [2.05, 4.69) is 56.4 Å². The summed E-state index contributed by atoms with van der Waals surface area (Å²) in [5.41, 5.74) is 12.0. The Kier molecular flexibility index (Phi) is 29.0. The molecule has 0 saturated carbocycles. The average molecular weight is 1930 g/mol. The van der Waals surface area contributed by atoms with Crippen LogP contribution in [0.2, 0.25) is 0 Å². The Morgan fingerprint density at radius 3 is 0.880 bits per heavy atom. The Labute approximate surface area is 806 Å². The van der Waals surface area contributed by atoms with E-state index in [4.69, 9.17) is 27.4 Å². The van der Waals surface area contributed by atoms with Crippen molar-refractivity contribution in [1.82, 2.24) is 136 Å². The van der Waals surface area contributed by atoms with E-state index in [1.165, 1.54) is 99.3 Å². The summed E-state index contributed by atoms with van der Waals surface area (Å²) in [4.78, 5) is 131. The maximum Gasteiger partial charge on any atom is 0.352 e. The SMILES string of the molecule is CCn1c(=O)n(-c2cnn(Cc3c(C)noc3C)c2)c(=O)n1Cc1ccccc1.COCC1C(=O)N(c2cnn(Cc3c(C)noc3C)c2)C(=O)N1Cc1ccccc1.Cc1noc(C)c1Cn1cc(-n2c(=O)[nH]n(Cc3ccccc3)c2=O)cn1.Cc1noc(C)c1Cn1cc(-n2c(=O)n(C)n(C)c2=O)cn1.Cc1noc(C)c1Cn1cc(-n2c(=O)n(Cc3ccccc3)n(Cc3ccccc3)c2=O)cn1. The van der Waals surface area contributed by atoms with Crippen LogP contribution in [0.1, 0.15) is 120 Å². The van der Waals surface area contributed by atoms with E-state index < -0.39 is 45.9 Å². The van der Waals surface area contributed by atoms with Crippen molar-refractivity contribution in [3.63, 3.8) is 0 Å². The third-order valence-electron chi connectivity index (χ3n) is 24.2. The molecule has 5 aromatic carbocycles. The first-order chi connectivity index (χ1) is 68.4. The number of ether oxygens (including phenoxy) is 1. The van der Waals surface area contributed by atoms with Crippen molar-refractivity contribution >= 4 is 17.6 Å². The molecule has 45 nitrogen and oxygen atoms in total. The van der Waals surface area contributed by atoms with Crippen molar-refractivity contribution in [3.05, 3.63) is 410 Å². The number of nitrogens with one attached hydrogen (secondary N) is 1. The maximum atomic E-state index is 13.5. The highest BCUT2D eigenvalue weighted by molar-refractivity contribution is 6.21. The molecule has 1 unspecified atom stereocenters. The van der Waals surface area contributed by atoms with Crippen molar-refractivity contribution < 1.29 is 36.9 Å². The number of aromatic amines is 1. The number of amides is 3. The van der Waals surface area contributed by atoms with Crippen LogP contribution in [0.3, 0.4) is 0 Å². The van der Waals surface area contributed by atoms with Gasteiger partial charge < -0.3 is 32.3 Å². The van der Waals surface area contributed by atoms with Crippen molar-refractivity contribution in [2.45, 2.75) is 154 Å². The molecular formula is C97H103N29O16. The first-order valence-corrected chi connectivity index (χ1v) is 45.1. The first kappa shape index (κ1) is 97.2. The molecular weight excluding hydrogens is 1830 g/mol. The number of rotatable bonds is 28. The molecule has 1 aliphatic rings. The van der Waals surface area contributed by atoms with E-state index in [-0.39, 0.29) is 43.9 Å². The number of carbonyl (C=O) groups excluding carboxylic acids is 2. The Balaban J connectivity index is 0.000000128. The quantitative estimate of drug-likeness (QED) is 0.0454. The fraction of sp³-hybridized carbons (Fsp3) is 0.278. The van der Waals surface area contributed by atoms with Crippen molar-refractivity contribution in [2.24, 2.45) is 14.1 Å². The van der Waals surface area contributed by atoms with Gasteiger partial charge in [-0.2, -0.15) is 25.5 Å². The minimum atomic E-state index is -0.686. The van der Waals surface area contributed by atoms with Crippen LogP contribution in [0.25, 0.3) is 22.7 Å². The number of aryl methyl sites for hydroxylation is 10. The number of H-pyrrole nitrogens is 1. The predicted octanol–water partition coefficient (Wildman–Crippen LogP) is 7.94. The molecule has 0 aliphatic carbocycles. The molecule has 15 heterocycles. The summed E-state index contributed by atoms with van der Waals surface area (Å²) in [5.74, 6) is 3.27. The van der Waals surface area contributed by atoms with Crippen molar-refractivity contribution in [2.75, 3.05) is 18.6 Å². The summed E-state index contributed by atoms with van der Waals surface area (Å²) in [7, 11) is 4.59. The number of imide groups is 1. The van der Waals surface area contributed by atoms with Crippen LogP contribution in [0, 0.1) is 69.2 Å². The zero-order valence-corrected chi connectivity index (χ0v) is 80.3. The summed E-state index contributed by atoms with van der Waals surface area (Å²) >= 11 is 0. The molecule has 1 N–H and O–H groups in total. The predicted molar refractivity (Wildman–Crippen MR) is 515 cm³/mol. The minimum Gasteiger partial charge on any atom is -0.382 e. The van der Waals surface area contributed by atoms with Crippen molar-refractivity contribution in [1.29, 1.82) is 0 Å². The minimum absolute atomic E-state index is 0.126. The van der Waals surface area contributed by atoms with E-state index in [0.29, 0.717) is 98.1 Å². The van der Waals surface area contributed by atoms with Gasteiger partial charge in [-0.3, -0.25) is 28.2 Å². The molecule has 3 amide bonds. The normalized spacial score (nSPS) is 12.4. The first-order valence-electron chi connectivity index (χ1n) is 45.1. The lowest BCUT2D eigenvalue weighted by molar-refractivity contribution is -0.121. The molecule has 1 aliphatic heterocycles. The highest BCUT2D eigenvalue weighted by Crippen LogP contribution is 2.29. The van der Waals surface area contributed by atoms with Crippen LogP contribution < -0.4 is 50.4 Å². The molecule has 0 spiro atoms. The standard InChI is InChI=1S/C25H24N6O3.C21H23N5O4.C20H22N6O3.C18H18N6O3.C13H16N6O3/c1-18-23(19(2)34-27-18)17-28-16-22(13-26-28)31-24(32)29(14-20-9-5-3-6-10-20)30(25(31)33)15-21-11-7-4-8-12-21;1-14-18(15(2)30-23-14)12-24-11-17(9-22-24)26-20(27)19(13-29-3)25(21(26)28)10-16-7-5-4-6-8-16;1-4-24-19(27)26(20(28)25(24)11-16-8-6-5-7-9-16)17-10-21-23(12-17)13-18-14(2)22-29-15(18)3;1-12-16(13(2)27-21-12)11-22-10-15(8-19-22)24-17(25)20-23(18(24)26)9-14-6-4-3-5-7-14;1-8-11(9(2)22-15-8)7-18-6-10(5-14-18)19-12(20)16(3)17(4)13(19)21/h3-13,16H,14-15,17H2,1-2H3;4-9,11,19H,10,12-13H2,1-3H3;5-10,12H,4,11,13H2,1-3H3;3-8,10H,9,11H2,1-2H3,(H,20,25);5-6H,7H2,1-4H3. The molecule has 732 valence electrons. The lowest BCUT2D eigenvalue weighted by Gasteiger charge is -2.21. The zero-order valence-electron chi connectivity index (χ0n) is 80.3. The van der Waals surface area contributed by atoms with Crippen LogP contribution >= 0.6 is 0 Å². The Hall–Kier alpha value is -17.9. The molecule has 1 saturated heterocycles. The number of urea groups is 1. The fourth-order valence-corrected chi connectivity index (χ4v) is 16.3. The lowest BCUT2D eigenvalue weighted by Crippen LogP contribution is -2.37. The fourth-order valence-electron chi connectivity index (χ4n) is 16.3. The number of benzene rings is 5. The summed E-state index contributed by atoms with van der Waals surface area (Å²) in [6.45, 7) is 24.6. The van der Waals surface area contributed by atoms with Gasteiger partial charge in [0.05, 0.1) is 153 Å². The molecule has 1 fully saturated rings. The number of carbonyl (C=O) groups is 2. The van der Waals surface area contributed by atoms with Crippen molar-refractivity contribution in [3.8, 4) is 22.7 Å². The largest absolute Gasteiger partial charge is 0.382 e. The Bertz CT molecular complexity index is 7990. The number of hydrogen-bond acceptors (Lipinski definition) is 26. The highest BCUT2D eigenvalue weighted by Gasteiger charge is 2.46. The van der Waals surface area contributed by atoms with Crippen LogP contribution in [0.5, 0.6) is 0 Å². The van der Waals surface area contributed by atoms with Gasteiger partial charge in [0.15, 0.2) is 0 Å². The van der Waals surface area contributed by atoms with Gasteiger partial charge in [-0.25, -0.2) is 104 Å². The maximum absolute atomic E-state index is 13.5. The summed E-state index contributed by atoms with van der Waals surface area (Å²) in [6.07, 6.45) is 15.9. The number of methoxy groups -OCH3 is 1. The van der Waals surface area contributed by atoms with E-state index in [9.17, 15) is 47.9 Å². The van der Waals surface area contributed by atoms with Gasteiger partial charge in [0, 0.05) is 93.1 Å². The van der Waals surface area contributed by atoms with Gasteiger partial charge in [0.2, 0.25) is 0 Å². The van der Waals surface area contributed by atoms with Crippen LogP contribution in [0.4, 0.5) is 10.5 Å². The summed E-state index contributed by atoms with van der Waals surface area (Å²) in [6, 6.07) is 46.7. The van der Waals surface area contributed by atoms with Gasteiger partial charge in [-0.1, -0.05) is 177 Å². The topological polar surface area (TPSA) is 476 Å². The van der Waals surface area contributed by atoms with E-state index in [0.717, 1.165) is 109 Å². The van der Waals surface area contributed by atoms with Gasteiger partial charge in [0.25, 0.3) is 5.91 Å². The molecule has 19 aromatic rings. The number of anilines is 1. The number of aromatic nitrogens is 27. The second-order valence-electron chi connectivity index (χ2n) is 33.7. The zero-order chi connectivity index (χ0) is 100. The highest BCUT2D eigenvalue weighted by atomic mass is 16.5. The van der Waals surface area contributed by atoms with Gasteiger partial charge in [-0.05, 0) is 104 Å². The Morgan fingerprint density at radius 2 is 0.585 bits per heavy atom. The number of nitrogens with zero attached hydrogens (tertiary/aromatic N) is 28. The van der Waals surface area contributed by atoms with Crippen LogP contribution in [-0.2, 0) is 95.6 Å². The second kappa shape index (κ2) is 42.4.